The number of aryl methyl sites for hydroxylation is 2. The number of halogens is 1. The van der Waals surface area contributed by atoms with Crippen LogP contribution in [0.1, 0.15) is 58.8 Å². The smallest absolute Gasteiger partial charge is 0.293 e. The molecule has 1 aromatic carbocycles. The van der Waals surface area contributed by atoms with E-state index < -0.39 is 0 Å². The number of amides is 1. The van der Waals surface area contributed by atoms with Crippen LogP contribution in [0.15, 0.2) is 51.7 Å². The number of rotatable bonds is 5. The molecule has 5 rings (SSSR count). The number of hydrogen-bond acceptors (Lipinski definition) is 6. The van der Waals surface area contributed by atoms with Gasteiger partial charge in [-0.1, -0.05) is 17.3 Å². The Kier molecular flexibility index (Phi) is 5.53. The van der Waals surface area contributed by atoms with E-state index in [-0.39, 0.29) is 23.5 Å². The quantitative estimate of drug-likeness (QED) is 0.447. The summed E-state index contributed by atoms with van der Waals surface area (Å²) in [5, 5.41) is 8.41. The highest BCUT2D eigenvalue weighted by molar-refractivity contribution is 5.92. The van der Waals surface area contributed by atoms with E-state index in [4.69, 9.17) is 8.94 Å². The summed E-state index contributed by atoms with van der Waals surface area (Å²) in [5.41, 5.74) is 3.15. The van der Waals surface area contributed by atoms with Crippen LogP contribution in [0.5, 0.6) is 0 Å². The predicted octanol–water partition coefficient (Wildman–Crippen LogP) is 4.47. The van der Waals surface area contributed by atoms with Gasteiger partial charge in [-0.25, -0.2) is 9.37 Å². The van der Waals surface area contributed by atoms with Crippen LogP contribution in [0.4, 0.5) is 4.39 Å². The number of carbonyl (C=O) groups excluding carboxylic acids is 1. The van der Waals surface area contributed by atoms with Crippen LogP contribution in [0, 0.1) is 12.7 Å². The lowest BCUT2D eigenvalue weighted by Crippen LogP contribution is -2.38. The first-order valence-corrected chi connectivity index (χ1v) is 11.0. The van der Waals surface area contributed by atoms with E-state index >= 15 is 0 Å². The Morgan fingerprint density at radius 2 is 2.06 bits per heavy atom. The highest BCUT2D eigenvalue weighted by atomic mass is 19.1. The number of nitrogens with zero attached hydrogens (tertiary/aromatic N) is 5. The van der Waals surface area contributed by atoms with Crippen molar-refractivity contribution in [1.82, 2.24) is 24.8 Å². The van der Waals surface area contributed by atoms with Gasteiger partial charge in [-0.05, 0) is 43.9 Å². The molecule has 1 amide bonds. The molecule has 33 heavy (non-hydrogen) atoms. The number of carbonyl (C=O) groups is 1. The summed E-state index contributed by atoms with van der Waals surface area (Å²) in [6.07, 6.45) is 6.65. The number of piperidine rings is 1. The molecule has 0 saturated carbocycles. The van der Waals surface area contributed by atoms with Gasteiger partial charge in [-0.15, -0.1) is 0 Å². The van der Waals surface area contributed by atoms with Gasteiger partial charge in [0.05, 0.1) is 11.9 Å². The van der Waals surface area contributed by atoms with Crippen molar-refractivity contribution in [2.24, 2.45) is 7.05 Å². The maximum atomic E-state index is 13.3. The zero-order valence-corrected chi connectivity index (χ0v) is 18.5. The third-order valence-corrected chi connectivity index (χ3v) is 5.92. The van der Waals surface area contributed by atoms with Crippen molar-refractivity contribution in [2.45, 2.75) is 38.6 Å². The lowest BCUT2D eigenvalue weighted by atomic mass is 10.0. The molecule has 0 radical (unpaired) electrons. The maximum absolute atomic E-state index is 13.3. The fourth-order valence-corrected chi connectivity index (χ4v) is 4.29. The SMILES string of the molecule is Cc1nn(C)cc1-c1cc(C(=O)N2CCCC[C@@H]2c2ncc(Cc3ccc(F)cc3)o2)on1. The Hall–Kier alpha value is -3.75. The monoisotopic (exact) mass is 449 g/mol. The van der Waals surface area contributed by atoms with E-state index in [2.05, 4.69) is 15.2 Å². The van der Waals surface area contributed by atoms with Crippen molar-refractivity contribution in [1.29, 1.82) is 0 Å². The molecule has 3 aromatic heterocycles. The zero-order valence-electron chi connectivity index (χ0n) is 18.5. The third kappa shape index (κ3) is 4.30. The average Bonchev–Trinajstić information content (AvgIpc) is 3.55. The maximum Gasteiger partial charge on any atom is 0.293 e. The molecule has 0 bridgehead atoms. The van der Waals surface area contributed by atoms with Gasteiger partial charge in [0.1, 0.15) is 23.3 Å². The van der Waals surface area contributed by atoms with Crippen molar-refractivity contribution >= 4 is 5.91 Å². The minimum Gasteiger partial charge on any atom is -0.443 e. The van der Waals surface area contributed by atoms with E-state index in [1.807, 2.05) is 20.2 Å². The summed E-state index contributed by atoms with van der Waals surface area (Å²) in [4.78, 5) is 19.5. The van der Waals surface area contributed by atoms with Gasteiger partial charge in [0.15, 0.2) is 0 Å². The van der Waals surface area contributed by atoms with Crippen LogP contribution in [0.25, 0.3) is 11.3 Å². The number of oxazole rings is 1. The van der Waals surface area contributed by atoms with E-state index in [1.165, 1.54) is 12.1 Å². The van der Waals surface area contributed by atoms with Gasteiger partial charge in [0.2, 0.25) is 11.7 Å². The Balaban J connectivity index is 1.35. The largest absolute Gasteiger partial charge is 0.443 e. The Morgan fingerprint density at radius 1 is 1.24 bits per heavy atom. The highest BCUT2D eigenvalue weighted by Gasteiger charge is 2.34. The number of hydrogen-bond donors (Lipinski definition) is 0. The molecule has 1 saturated heterocycles. The first kappa shape index (κ1) is 21.1. The van der Waals surface area contributed by atoms with Crippen molar-refractivity contribution < 1.29 is 18.1 Å². The van der Waals surface area contributed by atoms with Gasteiger partial charge in [0, 0.05) is 37.8 Å². The number of aromatic nitrogens is 4. The second-order valence-corrected chi connectivity index (χ2v) is 8.36. The molecular weight excluding hydrogens is 425 g/mol. The molecule has 0 unspecified atom stereocenters. The number of benzene rings is 1. The molecule has 0 spiro atoms. The second-order valence-electron chi connectivity index (χ2n) is 8.36. The van der Waals surface area contributed by atoms with Crippen LogP contribution in [-0.4, -0.2) is 37.3 Å². The summed E-state index contributed by atoms with van der Waals surface area (Å²) < 4.78 is 26.3. The molecule has 4 aromatic rings. The second kappa shape index (κ2) is 8.65. The van der Waals surface area contributed by atoms with Crippen LogP contribution >= 0.6 is 0 Å². The van der Waals surface area contributed by atoms with Gasteiger partial charge >= 0.3 is 0 Å². The lowest BCUT2D eigenvalue weighted by molar-refractivity contribution is 0.0528. The third-order valence-electron chi connectivity index (χ3n) is 5.92. The first-order valence-electron chi connectivity index (χ1n) is 11.0. The topological polar surface area (TPSA) is 90.2 Å². The summed E-state index contributed by atoms with van der Waals surface area (Å²) >= 11 is 0. The van der Waals surface area contributed by atoms with E-state index in [1.54, 1.807) is 34.0 Å². The van der Waals surface area contributed by atoms with E-state index in [0.717, 1.165) is 36.1 Å². The average molecular weight is 449 g/mol. The van der Waals surface area contributed by atoms with Crippen LogP contribution in [0.2, 0.25) is 0 Å². The minimum atomic E-state index is -0.276. The van der Waals surface area contributed by atoms with Crippen LogP contribution in [-0.2, 0) is 13.5 Å². The van der Waals surface area contributed by atoms with E-state index in [0.29, 0.717) is 30.3 Å². The van der Waals surface area contributed by atoms with Gasteiger partial charge in [-0.2, -0.15) is 5.10 Å². The summed E-state index contributed by atoms with van der Waals surface area (Å²) in [6.45, 7) is 2.47. The van der Waals surface area contributed by atoms with Gasteiger partial charge in [-0.3, -0.25) is 9.48 Å². The predicted molar refractivity (Wildman–Crippen MR) is 117 cm³/mol. The molecule has 8 nitrogen and oxygen atoms in total. The molecule has 0 N–H and O–H groups in total. The zero-order chi connectivity index (χ0) is 22.9. The first-order chi connectivity index (χ1) is 16.0. The normalized spacial score (nSPS) is 16.3. The molecule has 0 aliphatic carbocycles. The van der Waals surface area contributed by atoms with E-state index in [9.17, 15) is 9.18 Å². The van der Waals surface area contributed by atoms with Crippen molar-refractivity contribution in [3.8, 4) is 11.3 Å². The summed E-state index contributed by atoms with van der Waals surface area (Å²) in [6, 6.07) is 7.67. The lowest BCUT2D eigenvalue weighted by Gasteiger charge is -2.32. The van der Waals surface area contributed by atoms with Gasteiger partial charge < -0.3 is 13.8 Å². The van der Waals surface area contributed by atoms with Crippen molar-refractivity contribution in [2.75, 3.05) is 6.54 Å². The molecule has 1 aliphatic heterocycles. The molecule has 170 valence electrons. The Labute approximate surface area is 190 Å². The molecule has 1 fully saturated rings. The fourth-order valence-electron chi connectivity index (χ4n) is 4.29. The minimum absolute atomic E-state index is 0.179. The highest BCUT2D eigenvalue weighted by Crippen LogP contribution is 2.33. The van der Waals surface area contributed by atoms with Crippen molar-refractivity contribution in [3.63, 3.8) is 0 Å². The molecule has 4 heterocycles. The number of likely N-dealkylation sites (tertiary alicyclic amines) is 1. The summed E-state index contributed by atoms with van der Waals surface area (Å²) in [7, 11) is 1.83. The molecular formula is C24H24FN5O3. The van der Waals surface area contributed by atoms with Crippen LogP contribution in [0.3, 0.4) is 0 Å². The molecule has 1 aliphatic rings. The fraction of sp³-hybridized carbons (Fsp3) is 0.333. The Morgan fingerprint density at radius 3 is 2.82 bits per heavy atom. The van der Waals surface area contributed by atoms with Crippen molar-refractivity contribution in [3.05, 3.63) is 77.2 Å². The van der Waals surface area contributed by atoms with Gasteiger partial charge in [0.25, 0.3) is 5.91 Å². The van der Waals surface area contributed by atoms with Crippen LogP contribution < -0.4 is 0 Å². The molecule has 9 heteroatoms. The summed E-state index contributed by atoms with van der Waals surface area (Å²) in [5.74, 6) is 0.839. The molecule has 1 atom stereocenters. The Bertz CT molecular complexity index is 1270. The standard InChI is InChI=1S/C24H24FN5O3/c1-15-19(14-29(2)27-15)20-12-22(33-28-20)24(31)30-10-4-3-5-21(30)23-26-13-18(32-23)11-16-6-8-17(25)9-7-16/h6-9,12-14,21H,3-5,10-11H2,1-2H3/t21-/m1/s1.